The van der Waals surface area contributed by atoms with Crippen molar-refractivity contribution in [2.45, 2.75) is 32.4 Å². The van der Waals surface area contributed by atoms with Crippen LogP contribution in [0.3, 0.4) is 0 Å². The predicted octanol–water partition coefficient (Wildman–Crippen LogP) is 2.47. The Labute approximate surface area is 136 Å². The van der Waals surface area contributed by atoms with Gasteiger partial charge in [-0.3, -0.25) is 14.6 Å². The van der Waals surface area contributed by atoms with Gasteiger partial charge in [0.15, 0.2) is 0 Å². The largest absolute Gasteiger partial charge is 0.349 e. The lowest BCUT2D eigenvalue weighted by Crippen LogP contribution is -2.38. The van der Waals surface area contributed by atoms with E-state index in [1.54, 1.807) is 30.5 Å². The second-order valence-electron chi connectivity index (χ2n) is 5.49. The summed E-state index contributed by atoms with van der Waals surface area (Å²) < 4.78 is 0. The molecule has 2 unspecified atom stereocenters. The van der Waals surface area contributed by atoms with E-state index in [-0.39, 0.29) is 30.3 Å². The number of hydrogen-bond donors (Lipinski definition) is 2. The summed E-state index contributed by atoms with van der Waals surface area (Å²) in [6.45, 7) is 3.69. The van der Waals surface area contributed by atoms with Crippen LogP contribution in [0.5, 0.6) is 0 Å². The number of amides is 2. The number of hydrogen-bond acceptors (Lipinski definition) is 3. The van der Waals surface area contributed by atoms with Crippen LogP contribution in [0.25, 0.3) is 0 Å². The van der Waals surface area contributed by atoms with Crippen LogP contribution in [0.2, 0.25) is 0 Å². The Bertz CT molecular complexity index is 644. The average Bonchev–Trinajstić information content (AvgIpc) is 2.56. The molecule has 0 spiro atoms. The highest BCUT2D eigenvalue weighted by Gasteiger charge is 2.15. The molecule has 0 saturated heterocycles. The fourth-order valence-electron chi connectivity index (χ4n) is 2.23. The summed E-state index contributed by atoms with van der Waals surface area (Å²) >= 11 is 0. The molecule has 0 aliphatic carbocycles. The van der Waals surface area contributed by atoms with Crippen LogP contribution >= 0.6 is 0 Å². The third-order valence-electron chi connectivity index (χ3n) is 3.41. The van der Waals surface area contributed by atoms with E-state index in [1.165, 1.54) is 0 Å². The third-order valence-corrected chi connectivity index (χ3v) is 3.41. The zero-order valence-corrected chi connectivity index (χ0v) is 13.3. The zero-order chi connectivity index (χ0) is 16.7. The Balaban J connectivity index is 1.82. The molecule has 2 rings (SSSR count). The van der Waals surface area contributed by atoms with Crippen LogP contribution in [0.4, 0.5) is 0 Å². The Morgan fingerprint density at radius 1 is 1.00 bits per heavy atom. The maximum absolute atomic E-state index is 12.1. The lowest BCUT2D eigenvalue weighted by molar-refractivity contribution is -0.122. The van der Waals surface area contributed by atoms with Crippen molar-refractivity contribution in [2.24, 2.45) is 0 Å². The number of rotatable bonds is 6. The molecular formula is C18H21N3O2. The first-order valence-corrected chi connectivity index (χ1v) is 7.62. The van der Waals surface area contributed by atoms with Gasteiger partial charge in [0.25, 0.3) is 5.91 Å². The van der Waals surface area contributed by atoms with E-state index in [9.17, 15) is 9.59 Å². The second kappa shape index (κ2) is 8.08. The highest BCUT2D eigenvalue weighted by molar-refractivity contribution is 5.94. The van der Waals surface area contributed by atoms with Gasteiger partial charge in [-0.15, -0.1) is 0 Å². The molecule has 0 saturated carbocycles. The Kier molecular flexibility index (Phi) is 5.86. The molecule has 2 amide bonds. The van der Waals surface area contributed by atoms with Crippen LogP contribution in [-0.4, -0.2) is 22.8 Å². The molecule has 1 aromatic carbocycles. The van der Waals surface area contributed by atoms with Crippen molar-refractivity contribution in [3.05, 3.63) is 66.0 Å². The summed E-state index contributed by atoms with van der Waals surface area (Å²) in [5.41, 5.74) is 1.39. The van der Waals surface area contributed by atoms with Gasteiger partial charge in [-0.1, -0.05) is 24.3 Å². The monoisotopic (exact) mass is 311 g/mol. The molecule has 5 heteroatoms. The molecule has 120 valence electrons. The van der Waals surface area contributed by atoms with Gasteiger partial charge >= 0.3 is 0 Å². The predicted molar refractivity (Wildman–Crippen MR) is 88.8 cm³/mol. The zero-order valence-electron chi connectivity index (χ0n) is 13.3. The topological polar surface area (TPSA) is 71.1 Å². The smallest absolute Gasteiger partial charge is 0.251 e. The van der Waals surface area contributed by atoms with E-state index in [0.29, 0.717) is 5.56 Å². The molecule has 23 heavy (non-hydrogen) atoms. The molecule has 2 atom stereocenters. The second-order valence-corrected chi connectivity index (χ2v) is 5.49. The molecule has 0 bridgehead atoms. The quantitative estimate of drug-likeness (QED) is 0.861. The van der Waals surface area contributed by atoms with E-state index in [1.807, 2.05) is 38.1 Å². The standard InChI is InChI=1S/C18H21N3O2/c1-13(20-18(23)15-8-4-3-5-9-15)12-17(22)21-14(2)16-10-6-7-11-19-16/h3-11,13-14H,12H2,1-2H3,(H,20,23)(H,21,22). The normalized spacial score (nSPS) is 13.0. The summed E-state index contributed by atoms with van der Waals surface area (Å²) in [5, 5.41) is 5.71. The maximum atomic E-state index is 12.1. The van der Waals surface area contributed by atoms with Crippen molar-refractivity contribution in [2.75, 3.05) is 0 Å². The molecule has 2 N–H and O–H groups in total. The fraction of sp³-hybridized carbons (Fsp3) is 0.278. The third kappa shape index (κ3) is 5.21. The van der Waals surface area contributed by atoms with Gasteiger partial charge in [-0.2, -0.15) is 0 Å². The van der Waals surface area contributed by atoms with E-state index < -0.39 is 0 Å². The van der Waals surface area contributed by atoms with Crippen LogP contribution < -0.4 is 10.6 Å². The Morgan fingerprint density at radius 2 is 1.70 bits per heavy atom. The van der Waals surface area contributed by atoms with Gasteiger partial charge in [0.1, 0.15) is 0 Å². The number of carbonyl (C=O) groups is 2. The highest BCUT2D eigenvalue weighted by Crippen LogP contribution is 2.08. The van der Waals surface area contributed by atoms with Crippen LogP contribution in [0.1, 0.15) is 42.4 Å². The number of nitrogens with one attached hydrogen (secondary N) is 2. The molecule has 0 aliphatic heterocycles. The first-order chi connectivity index (χ1) is 11.1. The van der Waals surface area contributed by atoms with Crippen molar-refractivity contribution >= 4 is 11.8 Å². The van der Waals surface area contributed by atoms with Gasteiger partial charge in [0.2, 0.25) is 5.91 Å². The summed E-state index contributed by atoms with van der Waals surface area (Å²) in [6, 6.07) is 14.1. The van der Waals surface area contributed by atoms with Gasteiger partial charge < -0.3 is 10.6 Å². The first kappa shape index (κ1) is 16.7. The molecule has 5 nitrogen and oxygen atoms in total. The maximum Gasteiger partial charge on any atom is 0.251 e. The average molecular weight is 311 g/mol. The summed E-state index contributed by atoms with van der Waals surface area (Å²) in [6.07, 6.45) is 1.91. The Morgan fingerprint density at radius 3 is 2.35 bits per heavy atom. The summed E-state index contributed by atoms with van der Waals surface area (Å²) in [5.74, 6) is -0.298. The highest BCUT2D eigenvalue weighted by atomic mass is 16.2. The molecule has 1 aromatic heterocycles. The number of pyridine rings is 1. The molecule has 0 radical (unpaired) electrons. The van der Waals surface area contributed by atoms with E-state index in [2.05, 4.69) is 15.6 Å². The van der Waals surface area contributed by atoms with Gasteiger partial charge in [0, 0.05) is 24.2 Å². The van der Waals surface area contributed by atoms with Crippen molar-refractivity contribution < 1.29 is 9.59 Å². The number of benzene rings is 1. The minimum Gasteiger partial charge on any atom is -0.349 e. The summed E-state index contributed by atoms with van der Waals surface area (Å²) in [7, 11) is 0. The van der Waals surface area contributed by atoms with Gasteiger partial charge in [0.05, 0.1) is 11.7 Å². The Hall–Kier alpha value is -2.69. The van der Waals surface area contributed by atoms with Crippen molar-refractivity contribution in [1.82, 2.24) is 15.6 Å². The lowest BCUT2D eigenvalue weighted by Gasteiger charge is -2.17. The molecule has 1 heterocycles. The van der Waals surface area contributed by atoms with E-state index in [0.717, 1.165) is 5.69 Å². The van der Waals surface area contributed by atoms with Crippen LogP contribution in [0.15, 0.2) is 54.7 Å². The van der Waals surface area contributed by atoms with Gasteiger partial charge in [-0.05, 0) is 38.1 Å². The lowest BCUT2D eigenvalue weighted by atomic mass is 10.1. The molecule has 2 aromatic rings. The molecule has 0 fully saturated rings. The van der Waals surface area contributed by atoms with Gasteiger partial charge in [-0.25, -0.2) is 0 Å². The summed E-state index contributed by atoms with van der Waals surface area (Å²) in [4.78, 5) is 28.3. The molecule has 0 aliphatic rings. The van der Waals surface area contributed by atoms with Crippen molar-refractivity contribution in [3.63, 3.8) is 0 Å². The number of nitrogens with zero attached hydrogens (tertiary/aromatic N) is 1. The van der Waals surface area contributed by atoms with Crippen molar-refractivity contribution in [3.8, 4) is 0 Å². The number of aromatic nitrogens is 1. The van der Waals surface area contributed by atoms with Crippen LogP contribution in [-0.2, 0) is 4.79 Å². The SMILES string of the molecule is CC(CC(=O)NC(C)c1ccccn1)NC(=O)c1ccccc1. The van der Waals surface area contributed by atoms with Crippen molar-refractivity contribution in [1.29, 1.82) is 0 Å². The van der Waals surface area contributed by atoms with Crippen LogP contribution in [0, 0.1) is 0 Å². The fourth-order valence-corrected chi connectivity index (χ4v) is 2.23. The van der Waals surface area contributed by atoms with E-state index >= 15 is 0 Å². The molecular weight excluding hydrogens is 290 g/mol. The first-order valence-electron chi connectivity index (χ1n) is 7.62. The minimum atomic E-state index is -0.251. The minimum absolute atomic E-state index is 0.121. The number of carbonyl (C=O) groups excluding carboxylic acids is 2. The van der Waals surface area contributed by atoms with E-state index in [4.69, 9.17) is 0 Å².